The molecule has 4 heteroatoms. The molecule has 0 saturated carbocycles. The second-order valence-electron chi connectivity index (χ2n) is 6.55. The molecule has 2 aliphatic rings. The summed E-state index contributed by atoms with van der Waals surface area (Å²) in [6.45, 7) is 4.29. The third-order valence-electron chi connectivity index (χ3n) is 5.21. The predicted octanol–water partition coefficient (Wildman–Crippen LogP) is 2.87. The molecule has 116 valence electrons. The Bertz CT molecular complexity index is 664. The van der Waals surface area contributed by atoms with Gasteiger partial charge in [0.25, 0.3) is 5.91 Å². The van der Waals surface area contributed by atoms with E-state index in [2.05, 4.69) is 9.88 Å². The van der Waals surface area contributed by atoms with Gasteiger partial charge in [0.1, 0.15) is 0 Å². The number of amides is 1. The van der Waals surface area contributed by atoms with Gasteiger partial charge >= 0.3 is 0 Å². The zero-order chi connectivity index (χ0) is 14.9. The van der Waals surface area contributed by atoms with Gasteiger partial charge in [-0.15, -0.1) is 0 Å². The minimum atomic E-state index is 0.183. The second kappa shape index (κ2) is 5.76. The summed E-state index contributed by atoms with van der Waals surface area (Å²) in [6, 6.07) is 8.65. The summed E-state index contributed by atoms with van der Waals surface area (Å²) in [7, 11) is 0. The fourth-order valence-corrected chi connectivity index (χ4v) is 3.91. The van der Waals surface area contributed by atoms with Crippen molar-refractivity contribution in [2.24, 2.45) is 0 Å². The molecule has 0 atom stereocenters. The molecular weight excluding hydrogens is 274 g/mol. The normalized spacial score (nSPS) is 20.8. The van der Waals surface area contributed by atoms with E-state index in [0.717, 1.165) is 42.4 Å². The molecule has 1 aromatic heterocycles. The summed E-state index contributed by atoms with van der Waals surface area (Å²) in [6.07, 6.45) is 6.85. The number of hydrogen-bond acceptors (Lipinski definition) is 2. The van der Waals surface area contributed by atoms with E-state index in [0.29, 0.717) is 6.04 Å². The van der Waals surface area contributed by atoms with Crippen molar-refractivity contribution in [1.29, 1.82) is 0 Å². The Balaban J connectivity index is 1.42. The molecule has 3 heterocycles. The van der Waals surface area contributed by atoms with E-state index in [9.17, 15) is 4.79 Å². The lowest BCUT2D eigenvalue weighted by Gasteiger charge is -2.36. The number of piperidine rings is 1. The smallest absolute Gasteiger partial charge is 0.253 e. The fraction of sp³-hybridized carbons (Fsp3) is 0.500. The molecular formula is C18H23N3O. The first-order chi connectivity index (χ1) is 10.8. The molecule has 0 bridgehead atoms. The molecule has 1 amide bonds. The molecule has 2 aromatic rings. The van der Waals surface area contributed by atoms with Crippen molar-refractivity contribution in [3.63, 3.8) is 0 Å². The van der Waals surface area contributed by atoms with Crippen molar-refractivity contribution in [2.75, 3.05) is 26.2 Å². The number of fused-ring (bicyclic) bond motifs is 1. The number of aromatic amines is 1. The summed E-state index contributed by atoms with van der Waals surface area (Å²) in [4.78, 5) is 20.5. The number of likely N-dealkylation sites (tertiary alicyclic amines) is 2. The van der Waals surface area contributed by atoms with Crippen LogP contribution in [0, 0.1) is 0 Å². The summed E-state index contributed by atoms with van der Waals surface area (Å²) in [5.41, 5.74) is 1.90. The van der Waals surface area contributed by atoms with Crippen LogP contribution < -0.4 is 0 Å². The summed E-state index contributed by atoms with van der Waals surface area (Å²) in [5.74, 6) is 0.183. The van der Waals surface area contributed by atoms with E-state index in [1.807, 2.05) is 35.4 Å². The lowest BCUT2D eigenvalue weighted by molar-refractivity contribution is 0.0644. The Morgan fingerprint density at radius 1 is 1.05 bits per heavy atom. The minimum absolute atomic E-state index is 0.183. The van der Waals surface area contributed by atoms with Crippen LogP contribution in [0.3, 0.4) is 0 Å². The van der Waals surface area contributed by atoms with E-state index in [1.165, 1.54) is 25.9 Å². The zero-order valence-electron chi connectivity index (χ0n) is 12.9. The zero-order valence-corrected chi connectivity index (χ0v) is 12.9. The third-order valence-corrected chi connectivity index (χ3v) is 5.21. The van der Waals surface area contributed by atoms with E-state index >= 15 is 0 Å². The lowest BCUT2D eigenvalue weighted by Crippen LogP contribution is -2.45. The SMILES string of the molecule is O=C(c1ccc2[nH]ccc2c1)N1CCC(N2CCCC2)CC1. The van der Waals surface area contributed by atoms with Crippen molar-refractivity contribution in [3.05, 3.63) is 36.0 Å². The van der Waals surface area contributed by atoms with Crippen LogP contribution in [-0.4, -0.2) is 52.9 Å². The standard InChI is InChI=1S/C18H23N3O/c22-18(15-3-4-17-14(13-15)5-8-19-17)21-11-6-16(7-12-21)20-9-1-2-10-20/h3-5,8,13,16,19H,1-2,6-7,9-12H2. The molecule has 0 spiro atoms. The average molecular weight is 297 g/mol. The fourth-order valence-electron chi connectivity index (χ4n) is 3.91. The number of nitrogens with zero attached hydrogens (tertiary/aromatic N) is 2. The number of H-pyrrole nitrogens is 1. The molecule has 1 N–H and O–H groups in total. The van der Waals surface area contributed by atoms with Gasteiger partial charge in [0.2, 0.25) is 0 Å². The van der Waals surface area contributed by atoms with Crippen LogP contribution >= 0.6 is 0 Å². The highest BCUT2D eigenvalue weighted by Gasteiger charge is 2.28. The number of carbonyl (C=O) groups is 1. The maximum Gasteiger partial charge on any atom is 0.253 e. The maximum atomic E-state index is 12.7. The molecule has 4 nitrogen and oxygen atoms in total. The third kappa shape index (κ3) is 2.52. The monoisotopic (exact) mass is 297 g/mol. The number of rotatable bonds is 2. The van der Waals surface area contributed by atoms with Crippen molar-refractivity contribution in [1.82, 2.24) is 14.8 Å². The first kappa shape index (κ1) is 13.8. The Labute approximate surface area is 131 Å². The molecule has 2 fully saturated rings. The molecule has 2 saturated heterocycles. The Morgan fingerprint density at radius 2 is 1.82 bits per heavy atom. The quantitative estimate of drug-likeness (QED) is 0.926. The maximum absolute atomic E-state index is 12.7. The topological polar surface area (TPSA) is 39.3 Å². The number of nitrogens with one attached hydrogen (secondary N) is 1. The van der Waals surface area contributed by atoms with E-state index < -0.39 is 0 Å². The molecule has 0 unspecified atom stereocenters. The van der Waals surface area contributed by atoms with Gasteiger partial charge in [-0.05, 0) is 63.0 Å². The van der Waals surface area contributed by atoms with Crippen LogP contribution in [-0.2, 0) is 0 Å². The van der Waals surface area contributed by atoms with Gasteiger partial charge in [-0.3, -0.25) is 4.79 Å². The highest BCUT2D eigenvalue weighted by molar-refractivity contribution is 5.98. The predicted molar refractivity (Wildman–Crippen MR) is 88.0 cm³/mol. The van der Waals surface area contributed by atoms with Crippen LogP contribution in [0.2, 0.25) is 0 Å². The van der Waals surface area contributed by atoms with Crippen molar-refractivity contribution >= 4 is 16.8 Å². The van der Waals surface area contributed by atoms with Gasteiger partial charge in [0.05, 0.1) is 0 Å². The summed E-state index contributed by atoms with van der Waals surface area (Å²) in [5, 5.41) is 1.11. The highest BCUT2D eigenvalue weighted by Crippen LogP contribution is 2.23. The van der Waals surface area contributed by atoms with Gasteiger partial charge in [0, 0.05) is 41.8 Å². The van der Waals surface area contributed by atoms with Gasteiger partial charge < -0.3 is 14.8 Å². The second-order valence-corrected chi connectivity index (χ2v) is 6.55. The first-order valence-electron chi connectivity index (χ1n) is 8.42. The molecule has 1 aromatic carbocycles. The van der Waals surface area contributed by atoms with Gasteiger partial charge in [0.15, 0.2) is 0 Å². The van der Waals surface area contributed by atoms with E-state index in [4.69, 9.17) is 0 Å². The van der Waals surface area contributed by atoms with E-state index in [1.54, 1.807) is 0 Å². The Hall–Kier alpha value is -1.81. The molecule has 0 radical (unpaired) electrons. The van der Waals surface area contributed by atoms with E-state index in [-0.39, 0.29) is 5.91 Å². The van der Waals surface area contributed by atoms with Crippen LogP contribution in [0.25, 0.3) is 10.9 Å². The van der Waals surface area contributed by atoms with Gasteiger partial charge in [-0.25, -0.2) is 0 Å². The number of benzene rings is 1. The molecule has 2 aliphatic heterocycles. The molecule has 0 aliphatic carbocycles. The first-order valence-corrected chi connectivity index (χ1v) is 8.42. The summed E-state index contributed by atoms with van der Waals surface area (Å²) >= 11 is 0. The number of hydrogen-bond donors (Lipinski definition) is 1. The van der Waals surface area contributed by atoms with Crippen LogP contribution in [0.1, 0.15) is 36.0 Å². The molecule has 22 heavy (non-hydrogen) atoms. The van der Waals surface area contributed by atoms with Crippen LogP contribution in [0.15, 0.2) is 30.5 Å². The Kier molecular flexibility index (Phi) is 3.62. The van der Waals surface area contributed by atoms with Crippen molar-refractivity contribution < 1.29 is 4.79 Å². The number of aromatic nitrogens is 1. The van der Waals surface area contributed by atoms with Gasteiger partial charge in [-0.2, -0.15) is 0 Å². The Morgan fingerprint density at radius 3 is 2.59 bits per heavy atom. The largest absolute Gasteiger partial charge is 0.361 e. The van der Waals surface area contributed by atoms with Crippen LogP contribution in [0.4, 0.5) is 0 Å². The highest BCUT2D eigenvalue weighted by atomic mass is 16.2. The average Bonchev–Trinajstić information content (AvgIpc) is 3.25. The summed E-state index contributed by atoms with van der Waals surface area (Å²) < 4.78 is 0. The van der Waals surface area contributed by atoms with Crippen molar-refractivity contribution in [2.45, 2.75) is 31.7 Å². The lowest BCUT2D eigenvalue weighted by atomic mass is 10.0. The van der Waals surface area contributed by atoms with Gasteiger partial charge in [-0.1, -0.05) is 0 Å². The van der Waals surface area contributed by atoms with Crippen molar-refractivity contribution in [3.8, 4) is 0 Å². The minimum Gasteiger partial charge on any atom is -0.361 e. The number of carbonyl (C=O) groups excluding carboxylic acids is 1. The molecule has 4 rings (SSSR count). The van der Waals surface area contributed by atoms with Crippen LogP contribution in [0.5, 0.6) is 0 Å².